The summed E-state index contributed by atoms with van der Waals surface area (Å²) in [5.41, 5.74) is 0.336. The van der Waals surface area contributed by atoms with Crippen LogP contribution in [0.1, 0.15) is 27.1 Å². The zero-order valence-electron chi connectivity index (χ0n) is 22.4. The van der Waals surface area contributed by atoms with Gasteiger partial charge in [0, 0.05) is 11.6 Å². The van der Waals surface area contributed by atoms with E-state index in [1.165, 1.54) is 59.5 Å². The summed E-state index contributed by atoms with van der Waals surface area (Å²) in [6, 6.07) is 16.0. The predicted molar refractivity (Wildman–Crippen MR) is 153 cm³/mol. The van der Waals surface area contributed by atoms with E-state index < -0.39 is 23.3 Å². The van der Waals surface area contributed by atoms with Crippen molar-refractivity contribution in [1.82, 2.24) is 0 Å². The topological polar surface area (TPSA) is 133 Å². The minimum atomic E-state index is -0.777. The van der Waals surface area contributed by atoms with E-state index in [1.807, 2.05) is 0 Å². The monoisotopic (exact) mass is 598 g/mol. The van der Waals surface area contributed by atoms with Crippen LogP contribution in [-0.2, 0) is 14.3 Å². The van der Waals surface area contributed by atoms with E-state index in [2.05, 4.69) is 12.2 Å². The van der Waals surface area contributed by atoms with Crippen molar-refractivity contribution in [3.05, 3.63) is 105 Å². The average Bonchev–Trinajstić information content (AvgIpc) is 3.79. The van der Waals surface area contributed by atoms with Crippen LogP contribution >= 0.6 is 11.6 Å². The molecule has 2 amide bonds. The van der Waals surface area contributed by atoms with Crippen LogP contribution in [0.5, 0.6) is 11.5 Å². The number of ketones is 1. The SMILES string of the molecule is O=C(COC(=O)c1cccc(N2C(=O)[C@H]3[C@@H]4C=C[C@H]([C@@H]5C[C@H]45)[C@@H]3C2=O)c1)c1ccc(Oc2c(Cl)cccc2[N+](=O)[O-])cc1. The van der Waals surface area contributed by atoms with Crippen LogP contribution in [0.15, 0.2) is 78.9 Å². The van der Waals surface area contributed by atoms with Gasteiger partial charge in [-0.25, -0.2) is 9.69 Å². The lowest BCUT2D eigenvalue weighted by atomic mass is 9.63. The Balaban J connectivity index is 0.999. The molecule has 2 saturated carbocycles. The van der Waals surface area contributed by atoms with Crippen LogP contribution in [0.4, 0.5) is 11.4 Å². The highest BCUT2D eigenvalue weighted by molar-refractivity contribution is 6.32. The van der Waals surface area contributed by atoms with Gasteiger partial charge in [-0.3, -0.25) is 24.5 Å². The van der Waals surface area contributed by atoms with Gasteiger partial charge in [0.2, 0.25) is 17.6 Å². The van der Waals surface area contributed by atoms with Gasteiger partial charge in [-0.05, 0) is 78.6 Å². The van der Waals surface area contributed by atoms with Gasteiger partial charge in [0.15, 0.2) is 12.4 Å². The molecule has 2 bridgehead atoms. The van der Waals surface area contributed by atoms with Crippen molar-refractivity contribution in [2.24, 2.45) is 35.5 Å². The highest BCUT2D eigenvalue weighted by Gasteiger charge is 2.67. The Morgan fingerprint density at radius 3 is 2.21 bits per heavy atom. The molecule has 216 valence electrons. The lowest BCUT2D eigenvalue weighted by Crippen LogP contribution is -2.40. The van der Waals surface area contributed by atoms with Gasteiger partial charge >= 0.3 is 11.7 Å². The van der Waals surface area contributed by atoms with Crippen molar-refractivity contribution in [3.63, 3.8) is 0 Å². The number of hydrogen-bond acceptors (Lipinski definition) is 8. The summed E-state index contributed by atoms with van der Waals surface area (Å²) in [4.78, 5) is 64.3. The number of carbonyl (C=O) groups excluding carboxylic acids is 4. The normalized spacial score (nSPS) is 26.1. The standard InChI is InChI=1S/C32H23ClN2O8/c33-24-5-2-6-25(35(40)41)29(24)43-19-9-7-16(8-10-19)26(36)15-42-32(39)17-3-1-4-18(13-17)34-30(37)27-20-11-12-21(23-14-22(20)23)28(27)31(34)38/h1-13,20-23,27-28H,14-15H2/t20-,21-,22-,23+,27+,28+/m1/s1. The molecule has 0 radical (unpaired) electrons. The Labute approximate surface area is 250 Å². The van der Waals surface area contributed by atoms with Gasteiger partial charge in [0.05, 0.1) is 33.0 Å². The molecule has 6 atom stereocenters. The number of amides is 2. The number of ether oxygens (including phenoxy) is 2. The molecule has 8 rings (SSSR count). The molecule has 3 aromatic carbocycles. The Kier molecular flexibility index (Phi) is 6.39. The summed E-state index contributed by atoms with van der Waals surface area (Å²) in [6.45, 7) is -0.553. The first-order valence-electron chi connectivity index (χ1n) is 13.8. The second-order valence-corrected chi connectivity index (χ2v) is 11.6. The number of rotatable bonds is 8. The molecular formula is C32H23ClN2O8. The molecule has 0 aromatic heterocycles. The molecule has 0 unspecified atom stereocenters. The van der Waals surface area contributed by atoms with E-state index in [0.29, 0.717) is 17.5 Å². The van der Waals surface area contributed by atoms with Crippen LogP contribution in [0.25, 0.3) is 0 Å². The number of halogens is 1. The number of benzene rings is 3. The number of carbonyl (C=O) groups is 4. The minimum Gasteiger partial charge on any atom is -0.454 e. The van der Waals surface area contributed by atoms with Gasteiger partial charge in [-0.15, -0.1) is 0 Å². The summed E-state index contributed by atoms with van der Waals surface area (Å²) in [5, 5.41) is 11.3. The zero-order valence-corrected chi connectivity index (χ0v) is 23.2. The first-order valence-corrected chi connectivity index (χ1v) is 14.2. The van der Waals surface area contributed by atoms with Crippen molar-refractivity contribution >= 4 is 46.5 Å². The fourth-order valence-electron chi connectivity index (χ4n) is 6.85. The number of hydrogen-bond donors (Lipinski definition) is 0. The molecule has 0 N–H and O–H groups in total. The summed E-state index contributed by atoms with van der Waals surface area (Å²) >= 11 is 6.07. The van der Waals surface area contributed by atoms with Gasteiger partial charge in [0.25, 0.3) is 0 Å². The fraction of sp³-hybridized carbons (Fsp3) is 0.250. The summed E-state index contributed by atoms with van der Waals surface area (Å²) in [6.07, 6.45) is 5.28. The maximum Gasteiger partial charge on any atom is 0.338 e. The number of allylic oxidation sites excluding steroid dienone is 2. The lowest BCUT2D eigenvalue weighted by Gasteiger charge is -2.37. The number of esters is 1. The maximum atomic E-state index is 13.4. The van der Waals surface area contributed by atoms with Crippen molar-refractivity contribution in [2.45, 2.75) is 6.42 Å². The number of Topliss-reactive ketones (excluding diaryl/α,β-unsaturated/α-hetero) is 1. The number of para-hydroxylation sites is 1. The first-order chi connectivity index (χ1) is 20.7. The molecule has 3 fully saturated rings. The van der Waals surface area contributed by atoms with Crippen molar-refractivity contribution < 1.29 is 33.6 Å². The Hall–Kier alpha value is -4.83. The van der Waals surface area contributed by atoms with E-state index in [1.54, 1.807) is 12.1 Å². The van der Waals surface area contributed by atoms with E-state index in [4.69, 9.17) is 21.1 Å². The largest absolute Gasteiger partial charge is 0.454 e. The third-order valence-electron chi connectivity index (χ3n) is 8.88. The predicted octanol–water partition coefficient (Wildman–Crippen LogP) is 5.64. The molecule has 43 heavy (non-hydrogen) atoms. The van der Waals surface area contributed by atoms with Gasteiger partial charge in [-0.2, -0.15) is 0 Å². The number of nitrogens with zero attached hydrogens (tertiary/aromatic N) is 2. The van der Waals surface area contributed by atoms with Crippen LogP contribution in [0.2, 0.25) is 5.02 Å². The second-order valence-electron chi connectivity index (χ2n) is 11.2. The van der Waals surface area contributed by atoms with Gasteiger partial charge < -0.3 is 9.47 Å². The quantitative estimate of drug-likeness (QED) is 0.0812. The third-order valence-corrected chi connectivity index (χ3v) is 9.17. The Morgan fingerprint density at radius 2 is 1.56 bits per heavy atom. The summed E-state index contributed by atoms with van der Waals surface area (Å²) in [7, 11) is 0. The number of nitro benzene ring substituents is 1. The Bertz CT molecular complexity index is 1720. The third kappa shape index (κ3) is 4.49. The van der Waals surface area contributed by atoms with Crippen LogP contribution in [0.3, 0.4) is 0 Å². The fourth-order valence-corrected chi connectivity index (χ4v) is 7.06. The minimum absolute atomic E-state index is 0.0581. The van der Waals surface area contributed by atoms with E-state index in [-0.39, 0.29) is 68.8 Å². The summed E-state index contributed by atoms with van der Waals surface area (Å²) in [5.74, 6) is -1.17. The molecule has 10 nitrogen and oxygen atoms in total. The van der Waals surface area contributed by atoms with Crippen molar-refractivity contribution in [1.29, 1.82) is 0 Å². The highest BCUT2D eigenvalue weighted by Crippen LogP contribution is 2.65. The first kappa shape index (κ1) is 27.0. The molecule has 1 heterocycles. The Morgan fingerprint density at radius 1 is 0.907 bits per heavy atom. The van der Waals surface area contributed by atoms with Crippen molar-refractivity contribution in [3.8, 4) is 11.5 Å². The zero-order chi connectivity index (χ0) is 30.0. The molecule has 1 aliphatic heterocycles. The number of nitro groups is 1. The molecule has 1 saturated heterocycles. The maximum absolute atomic E-state index is 13.4. The highest BCUT2D eigenvalue weighted by atomic mass is 35.5. The van der Waals surface area contributed by atoms with E-state index >= 15 is 0 Å². The second kappa shape index (κ2) is 10.2. The van der Waals surface area contributed by atoms with E-state index in [9.17, 15) is 29.3 Å². The lowest BCUT2D eigenvalue weighted by molar-refractivity contribution is -0.385. The van der Waals surface area contributed by atoms with Crippen LogP contribution < -0.4 is 9.64 Å². The molecule has 3 aromatic rings. The van der Waals surface area contributed by atoms with Gasteiger partial charge in [-0.1, -0.05) is 35.9 Å². The number of imide groups is 1. The van der Waals surface area contributed by atoms with Gasteiger partial charge in [0.1, 0.15) is 5.75 Å². The molecule has 0 spiro atoms. The van der Waals surface area contributed by atoms with Crippen LogP contribution in [0, 0.1) is 45.6 Å². The molecule has 5 aliphatic rings. The summed E-state index contributed by atoms with van der Waals surface area (Å²) < 4.78 is 10.8. The van der Waals surface area contributed by atoms with Crippen LogP contribution in [-0.4, -0.2) is 35.1 Å². The smallest absolute Gasteiger partial charge is 0.338 e. The van der Waals surface area contributed by atoms with Crippen molar-refractivity contribution in [2.75, 3.05) is 11.5 Å². The molecule has 4 aliphatic carbocycles. The average molecular weight is 599 g/mol. The number of anilines is 1. The molecule has 11 heteroatoms. The molecular weight excluding hydrogens is 576 g/mol. The van der Waals surface area contributed by atoms with E-state index in [0.717, 1.165) is 6.42 Å².